The number of hydrogen-bond acceptors (Lipinski definition) is 1. The van der Waals surface area contributed by atoms with Crippen molar-refractivity contribution in [3.63, 3.8) is 0 Å². The van der Waals surface area contributed by atoms with E-state index in [4.69, 9.17) is 5.73 Å². The van der Waals surface area contributed by atoms with Gasteiger partial charge in [0, 0.05) is 5.69 Å². The highest BCUT2D eigenvalue weighted by Crippen LogP contribution is 2.46. The summed E-state index contributed by atoms with van der Waals surface area (Å²) < 4.78 is 0. The van der Waals surface area contributed by atoms with E-state index in [0.717, 1.165) is 17.5 Å². The van der Waals surface area contributed by atoms with Crippen LogP contribution in [0, 0.1) is 5.92 Å². The van der Waals surface area contributed by atoms with Gasteiger partial charge in [-0.25, -0.2) is 0 Å². The Morgan fingerprint density at radius 1 is 1.27 bits per heavy atom. The third-order valence-electron chi connectivity index (χ3n) is 2.47. The average molecular weight is 147 g/mol. The summed E-state index contributed by atoms with van der Waals surface area (Å²) in [6.45, 7) is 2.29. The van der Waals surface area contributed by atoms with E-state index in [1.165, 1.54) is 12.0 Å². The quantitative estimate of drug-likeness (QED) is 0.606. The zero-order valence-electron chi connectivity index (χ0n) is 6.75. The number of nitrogen functional groups attached to an aromatic ring is 1. The molecule has 1 saturated carbocycles. The SMILES string of the molecule is CC1CC1c1ccc(N)cc1. The van der Waals surface area contributed by atoms with Crippen LogP contribution in [0.2, 0.25) is 0 Å². The third kappa shape index (κ3) is 1.23. The lowest BCUT2D eigenvalue weighted by molar-refractivity contribution is 0.915. The monoisotopic (exact) mass is 147 g/mol. The van der Waals surface area contributed by atoms with Gasteiger partial charge in [-0.05, 0) is 36.0 Å². The molecule has 0 heterocycles. The fraction of sp³-hybridized carbons (Fsp3) is 0.400. The van der Waals surface area contributed by atoms with Crippen molar-refractivity contribution in [1.29, 1.82) is 0 Å². The van der Waals surface area contributed by atoms with E-state index in [-0.39, 0.29) is 0 Å². The minimum atomic E-state index is 0.815. The van der Waals surface area contributed by atoms with E-state index in [9.17, 15) is 0 Å². The predicted octanol–water partition coefficient (Wildman–Crippen LogP) is 2.39. The average Bonchev–Trinajstić information content (AvgIpc) is 2.69. The maximum absolute atomic E-state index is 5.58. The van der Waals surface area contributed by atoms with Crippen LogP contribution in [0.5, 0.6) is 0 Å². The van der Waals surface area contributed by atoms with E-state index in [1.54, 1.807) is 0 Å². The molecule has 1 aromatic rings. The van der Waals surface area contributed by atoms with Gasteiger partial charge in [0.25, 0.3) is 0 Å². The maximum Gasteiger partial charge on any atom is 0.0314 e. The number of nitrogens with two attached hydrogens (primary N) is 1. The Kier molecular flexibility index (Phi) is 1.38. The molecule has 2 unspecified atom stereocenters. The van der Waals surface area contributed by atoms with Crippen LogP contribution in [0.15, 0.2) is 24.3 Å². The predicted molar refractivity (Wildman–Crippen MR) is 47.4 cm³/mol. The highest BCUT2D eigenvalue weighted by Gasteiger charge is 2.33. The Morgan fingerprint density at radius 2 is 1.82 bits per heavy atom. The van der Waals surface area contributed by atoms with Gasteiger partial charge in [-0.1, -0.05) is 19.1 Å². The smallest absolute Gasteiger partial charge is 0.0314 e. The lowest BCUT2D eigenvalue weighted by Gasteiger charge is -1.97. The van der Waals surface area contributed by atoms with Gasteiger partial charge in [0.1, 0.15) is 0 Å². The van der Waals surface area contributed by atoms with Crippen molar-refractivity contribution in [2.75, 3.05) is 5.73 Å². The topological polar surface area (TPSA) is 26.0 Å². The summed E-state index contributed by atoms with van der Waals surface area (Å²) in [7, 11) is 0. The Hall–Kier alpha value is -0.980. The first-order valence-electron chi connectivity index (χ1n) is 4.13. The van der Waals surface area contributed by atoms with Crippen LogP contribution in [0.1, 0.15) is 24.8 Å². The summed E-state index contributed by atoms with van der Waals surface area (Å²) in [5, 5.41) is 0. The molecule has 1 aliphatic rings. The van der Waals surface area contributed by atoms with Crippen LogP contribution >= 0.6 is 0 Å². The molecular formula is C10H13N. The summed E-state index contributed by atoms with van der Waals surface area (Å²) in [6, 6.07) is 8.26. The molecule has 58 valence electrons. The normalized spacial score (nSPS) is 28.5. The van der Waals surface area contributed by atoms with Crippen molar-refractivity contribution in [3.8, 4) is 0 Å². The number of hydrogen-bond donors (Lipinski definition) is 1. The van der Waals surface area contributed by atoms with E-state index >= 15 is 0 Å². The zero-order valence-corrected chi connectivity index (χ0v) is 6.75. The molecule has 11 heavy (non-hydrogen) atoms. The molecule has 0 saturated heterocycles. The van der Waals surface area contributed by atoms with E-state index in [2.05, 4.69) is 19.1 Å². The highest BCUT2D eigenvalue weighted by atomic mass is 14.5. The molecule has 0 aliphatic heterocycles. The van der Waals surface area contributed by atoms with Crippen molar-refractivity contribution < 1.29 is 0 Å². The molecule has 2 atom stereocenters. The Balaban J connectivity index is 2.21. The highest BCUT2D eigenvalue weighted by molar-refractivity contribution is 5.41. The van der Waals surface area contributed by atoms with E-state index in [1.807, 2.05) is 12.1 Å². The van der Waals surface area contributed by atoms with Crippen molar-refractivity contribution >= 4 is 5.69 Å². The molecule has 1 aliphatic carbocycles. The third-order valence-corrected chi connectivity index (χ3v) is 2.47. The minimum absolute atomic E-state index is 0.815. The molecule has 2 N–H and O–H groups in total. The maximum atomic E-state index is 5.58. The second kappa shape index (κ2) is 2.26. The molecule has 1 aromatic carbocycles. The molecule has 0 radical (unpaired) electrons. The van der Waals surface area contributed by atoms with Gasteiger partial charge >= 0.3 is 0 Å². The molecule has 0 bridgehead atoms. The molecule has 1 fully saturated rings. The first kappa shape index (κ1) is 6.71. The molecule has 1 heteroatoms. The molecule has 2 rings (SSSR count). The van der Waals surface area contributed by atoms with Crippen LogP contribution < -0.4 is 5.73 Å². The van der Waals surface area contributed by atoms with Gasteiger partial charge in [-0.3, -0.25) is 0 Å². The summed E-state index contributed by atoms with van der Waals surface area (Å²) in [5.41, 5.74) is 7.90. The second-order valence-corrected chi connectivity index (χ2v) is 3.49. The Bertz CT molecular complexity index is 250. The summed E-state index contributed by atoms with van der Waals surface area (Å²) in [4.78, 5) is 0. The largest absolute Gasteiger partial charge is 0.399 e. The van der Waals surface area contributed by atoms with Gasteiger partial charge in [-0.15, -0.1) is 0 Å². The van der Waals surface area contributed by atoms with Gasteiger partial charge in [0.2, 0.25) is 0 Å². The summed E-state index contributed by atoms with van der Waals surface area (Å²) in [5.74, 6) is 1.70. The van der Waals surface area contributed by atoms with Gasteiger partial charge < -0.3 is 5.73 Å². The lowest BCUT2D eigenvalue weighted by atomic mass is 10.1. The Morgan fingerprint density at radius 3 is 2.27 bits per heavy atom. The number of benzene rings is 1. The first-order valence-corrected chi connectivity index (χ1v) is 4.13. The number of anilines is 1. The van der Waals surface area contributed by atoms with E-state index < -0.39 is 0 Å². The van der Waals surface area contributed by atoms with Crippen molar-refractivity contribution in [3.05, 3.63) is 29.8 Å². The fourth-order valence-corrected chi connectivity index (χ4v) is 1.53. The molecular weight excluding hydrogens is 134 g/mol. The van der Waals surface area contributed by atoms with Crippen LogP contribution in [-0.4, -0.2) is 0 Å². The minimum Gasteiger partial charge on any atom is -0.399 e. The van der Waals surface area contributed by atoms with Crippen molar-refractivity contribution in [1.82, 2.24) is 0 Å². The van der Waals surface area contributed by atoms with Gasteiger partial charge in [-0.2, -0.15) is 0 Å². The van der Waals surface area contributed by atoms with Crippen LogP contribution in [-0.2, 0) is 0 Å². The zero-order chi connectivity index (χ0) is 7.84. The van der Waals surface area contributed by atoms with Crippen LogP contribution in [0.4, 0.5) is 5.69 Å². The Labute approximate surface area is 67.2 Å². The summed E-state index contributed by atoms with van der Waals surface area (Å²) >= 11 is 0. The van der Waals surface area contributed by atoms with Crippen LogP contribution in [0.3, 0.4) is 0 Å². The molecule has 0 aromatic heterocycles. The van der Waals surface area contributed by atoms with Crippen molar-refractivity contribution in [2.45, 2.75) is 19.3 Å². The molecule has 1 nitrogen and oxygen atoms in total. The first-order chi connectivity index (χ1) is 5.27. The lowest BCUT2D eigenvalue weighted by Crippen LogP contribution is -1.85. The molecule has 0 spiro atoms. The number of rotatable bonds is 1. The van der Waals surface area contributed by atoms with E-state index in [0.29, 0.717) is 0 Å². The van der Waals surface area contributed by atoms with Crippen molar-refractivity contribution in [2.24, 2.45) is 5.92 Å². The standard InChI is InChI=1S/C10H13N/c1-7-6-10(7)8-2-4-9(11)5-3-8/h2-5,7,10H,6,11H2,1H3. The van der Waals surface area contributed by atoms with Gasteiger partial charge in [0.05, 0.1) is 0 Å². The van der Waals surface area contributed by atoms with Crippen LogP contribution in [0.25, 0.3) is 0 Å². The fourth-order valence-electron chi connectivity index (χ4n) is 1.53. The second-order valence-electron chi connectivity index (χ2n) is 3.49. The van der Waals surface area contributed by atoms with Gasteiger partial charge in [0.15, 0.2) is 0 Å². The summed E-state index contributed by atoms with van der Waals surface area (Å²) in [6.07, 6.45) is 1.35. The molecule has 0 amide bonds.